The molecule has 0 bridgehead atoms. The fraction of sp³-hybridized carbons (Fsp3) is 0.500. The number of likely N-dealkylation sites (N-methyl/N-ethyl adjacent to an activating group) is 1. The molecule has 0 N–H and O–H groups in total. The van der Waals surface area contributed by atoms with Crippen LogP contribution in [0.1, 0.15) is 6.92 Å². The van der Waals surface area contributed by atoms with Crippen molar-refractivity contribution in [1.82, 2.24) is 9.80 Å². The van der Waals surface area contributed by atoms with Gasteiger partial charge in [-0.15, -0.1) is 0 Å². The summed E-state index contributed by atoms with van der Waals surface area (Å²) in [4.78, 5) is 34.8. The Labute approximate surface area is 89.3 Å². The number of amides is 2. The summed E-state index contributed by atoms with van der Waals surface area (Å²) in [6, 6.07) is 0. The lowest BCUT2D eigenvalue weighted by Gasteiger charge is -2.22. The molecule has 0 aromatic heterocycles. The van der Waals surface area contributed by atoms with E-state index < -0.39 is 0 Å². The second kappa shape index (κ2) is 7.73. The second-order valence-electron chi connectivity index (χ2n) is 2.89. The monoisotopic (exact) mass is 212 g/mol. The highest BCUT2D eigenvalue weighted by Crippen LogP contribution is 1.92. The number of nitrogens with zero attached hydrogens (tertiary/aromatic N) is 2. The highest BCUT2D eigenvalue weighted by Gasteiger charge is 2.09. The predicted molar refractivity (Wildman–Crippen MR) is 56.2 cm³/mol. The summed E-state index contributed by atoms with van der Waals surface area (Å²) in [5.74, 6) is -0.172. The Kier molecular flexibility index (Phi) is 6.88. The van der Waals surface area contributed by atoms with E-state index in [-0.39, 0.29) is 12.5 Å². The van der Waals surface area contributed by atoms with Gasteiger partial charge in [0, 0.05) is 19.6 Å². The Bertz CT molecular complexity index is 241. The van der Waals surface area contributed by atoms with Gasteiger partial charge in [-0.05, 0) is 13.0 Å². The second-order valence-corrected chi connectivity index (χ2v) is 2.89. The molecule has 0 aliphatic rings. The average molecular weight is 212 g/mol. The number of rotatable bonds is 8. The molecule has 15 heavy (non-hydrogen) atoms. The minimum Gasteiger partial charge on any atom is -0.338 e. The molecule has 2 amide bonds. The lowest BCUT2D eigenvalue weighted by molar-refractivity contribution is -0.127. The van der Waals surface area contributed by atoms with E-state index in [4.69, 9.17) is 0 Å². The van der Waals surface area contributed by atoms with Gasteiger partial charge in [-0.1, -0.05) is 6.58 Å². The van der Waals surface area contributed by atoms with Crippen LogP contribution < -0.4 is 0 Å². The third kappa shape index (κ3) is 4.95. The SMILES string of the molecule is C=CC(=O)N(CC)CCN(C=O)CC=O. The molecule has 5 nitrogen and oxygen atoms in total. The predicted octanol–water partition coefficient (Wildman–Crippen LogP) is -0.322. The Morgan fingerprint density at radius 2 is 2.00 bits per heavy atom. The van der Waals surface area contributed by atoms with Gasteiger partial charge in [-0.25, -0.2) is 0 Å². The Morgan fingerprint density at radius 1 is 1.33 bits per heavy atom. The van der Waals surface area contributed by atoms with E-state index in [1.807, 2.05) is 6.92 Å². The molecule has 0 aromatic rings. The molecular formula is C10H16N2O3. The highest BCUT2D eigenvalue weighted by atomic mass is 16.2. The van der Waals surface area contributed by atoms with Gasteiger partial charge in [0.15, 0.2) is 0 Å². The summed E-state index contributed by atoms with van der Waals surface area (Å²) in [5, 5.41) is 0. The Hall–Kier alpha value is -1.65. The topological polar surface area (TPSA) is 57.7 Å². The molecule has 0 aliphatic carbocycles. The molecule has 5 heteroatoms. The summed E-state index contributed by atoms with van der Waals surface area (Å²) in [7, 11) is 0. The third-order valence-corrected chi connectivity index (χ3v) is 1.98. The lowest BCUT2D eigenvalue weighted by atomic mass is 10.4. The fourth-order valence-electron chi connectivity index (χ4n) is 1.09. The molecule has 0 radical (unpaired) electrons. The largest absolute Gasteiger partial charge is 0.338 e. The van der Waals surface area contributed by atoms with Crippen LogP contribution in [-0.4, -0.2) is 54.6 Å². The molecule has 0 spiro atoms. The summed E-state index contributed by atoms with van der Waals surface area (Å²) >= 11 is 0. The van der Waals surface area contributed by atoms with Crippen molar-refractivity contribution >= 4 is 18.6 Å². The van der Waals surface area contributed by atoms with Crippen LogP contribution in [0.15, 0.2) is 12.7 Å². The molecule has 0 unspecified atom stereocenters. The van der Waals surface area contributed by atoms with Crippen molar-refractivity contribution in [2.45, 2.75) is 6.92 Å². The highest BCUT2D eigenvalue weighted by molar-refractivity contribution is 5.86. The van der Waals surface area contributed by atoms with Crippen LogP contribution in [0.4, 0.5) is 0 Å². The van der Waals surface area contributed by atoms with Gasteiger partial charge in [-0.3, -0.25) is 9.59 Å². The fourth-order valence-corrected chi connectivity index (χ4v) is 1.09. The maximum Gasteiger partial charge on any atom is 0.246 e. The van der Waals surface area contributed by atoms with E-state index in [0.29, 0.717) is 32.3 Å². The minimum absolute atomic E-state index is 0.0589. The number of carbonyl (C=O) groups excluding carboxylic acids is 3. The maximum absolute atomic E-state index is 11.2. The van der Waals surface area contributed by atoms with E-state index >= 15 is 0 Å². The van der Waals surface area contributed by atoms with Crippen LogP contribution in [0, 0.1) is 0 Å². The molecule has 0 atom stereocenters. The van der Waals surface area contributed by atoms with E-state index in [1.165, 1.54) is 11.0 Å². The Balaban J connectivity index is 4.07. The van der Waals surface area contributed by atoms with Gasteiger partial charge in [0.2, 0.25) is 12.3 Å². The Morgan fingerprint density at radius 3 is 2.40 bits per heavy atom. The summed E-state index contributed by atoms with van der Waals surface area (Å²) in [5.41, 5.74) is 0. The number of aldehydes is 1. The smallest absolute Gasteiger partial charge is 0.246 e. The van der Waals surface area contributed by atoms with E-state index in [9.17, 15) is 14.4 Å². The van der Waals surface area contributed by atoms with Crippen LogP contribution >= 0.6 is 0 Å². The van der Waals surface area contributed by atoms with Crippen molar-refractivity contribution in [3.63, 3.8) is 0 Å². The molecule has 0 heterocycles. The molecule has 0 aromatic carbocycles. The first-order valence-corrected chi connectivity index (χ1v) is 4.73. The molecule has 84 valence electrons. The van der Waals surface area contributed by atoms with Gasteiger partial charge in [0.05, 0.1) is 6.54 Å². The molecule has 0 rings (SSSR count). The standard InChI is InChI=1S/C10H16N2O3/c1-3-10(15)12(4-2)6-5-11(9-14)7-8-13/h3,8-9H,1,4-7H2,2H3. The van der Waals surface area contributed by atoms with Gasteiger partial charge < -0.3 is 14.6 Å². The first-order valence-electron chi connectivity index (χ1n) is 4.73. The van der Waals surface area contributed by atoms with Crippen LogP contribution in [0.3, 0.4) is 0 Å². The maximum atomic E-state index is 11.2. The van der Waals surface area contributed by atoms with E-state index in [1.54, 1.807) is 4.90 Å². The van der Waals surface area contributed by atoms with Gasteiger partial charge in [0.25, 0.3) is 0 Å². The quantitative estimate of drug-likeness (QED) is 0.409. The van der Waals surface area contributed by atoms with Crippen molar-refractivity contribution < 1.29 is 14.4 Å². The zero-order chi connectivity index (χ0) is 11.7. The zero-order valence-corrected chi connectivity index (χ0v) is 8.89. The number of hydrogen-bond donors (Lipinski definition) is 0. The number of hydrogen-bond acceptors (Lipinski definition) is 3. The minimum atomic E-state index is -0.172. The van der Waals surface area contributed by atoms with E-state index in [0.717, 1.165) is 0 Å². The summed E-state index contributed by atoms with van der Waals surface area (Å²) in [6.07, 6.45) is 2.48. The normalized spacial score (nSPS) is 9.13. The third-order valence-electron chi connectivity index (χ3n) is 1.98. The van der Waals surface area contributed by atoms with Gasteiger partial charge in [0.1, 0.15) is 6.29 Å². The zero-order valence-electron chi connectivity index (χ0n) is 8.89. The van der Waals surface area contributed by atoms with Crippen LogP contribution in [0.5, 0.6) is 0 Å². The molecule has 0 saturated heterocycles. The van der Waals surface area contributed by atoms with Crippen molar-refractivity contribution in [3.05, 3.63) is 12.7 Å². The first kappa shape index (κ1) is 13.4. The number of carbonyl (C=O) groups is 3. The average Bonchev–Trinajstić information content (AvgIpc) is 2.27. The molecule has 0 saturated carbocycles. The first-order chi connectivity index (χ1) is 7.19. The van der Waals surface area contributed by atoms with Crippen molar-refractivity contribution in [2.24, 2.45) is 0 Å². The van der Waals surface area contributed by atoms with Crippen molar-refractivity contribution in [1.29, 1.82) is 0 Å². The summed E-state index contributed by atoms with van der Waals surface area (Å²) < 4.78 is 0. The van der Waals surface area contributed by atoms with Crippen molar-refractivity contribution in [3.8, 4) is 0 Å². The summed E-state index contributed by atoms with van der Waals surface area (Å²) in [6.45, 7) is 6.60. The van der Waals surface area contributed by atoms with Crippen molar-refractivity contribution in [2.75, 3.05) is 26.2 Å². The van der Waals surface area contributed by atoms with Crippen LogP contribution in [0.2, 0.25) is 0 Å². The van der Waals surface area contributed by atoms with Crippen LogP contribution in [0.25, 0.3) is 0 Å². The molecule has 0 aliphatic heterocycles. The molecular weight excluding hydrogens is 196 g/mol. The van der Waals surface area contributed by atoms with Gasteiger partial charge >= 0.3 is 0 Å². The van der Waals surface area contributed by atoms with E-state index in [2.05, 4.69) is 6.58 Å². The molecule has 0 fully saturated rings. The van der Waals surface area contributed by atoms with Gasteiger partial charge in [-0.2, -0.15) is 0 Å². The lowest BCUT2D eigenvalue weighted by Crippen LogP contribution is -2.38. The van der Waals surface area contributed by atoms with Crippen LogP contribution in [-0.2, 0) is 14.4 Å².